The number of aryl methyl sites for hydroxylation is 3. The molecular weight excluding hydrogens is 250 g/mol. The molecule has 0 bridgehead atoms. The monoisotopic (exact) mass is 268 g/mol. The van der Waals surface area contributed by atoms with Crippen molar-refractivity contribution in [3.63, 3.8) is 0 Å². The summed E-state index contributed by atoms with van der Waals surface area (Å²) in [6, 6.07) is 10.1. The van der Waals surface area contributed by atoms with Crippen molar-refractivity contribution < 1.29 is 9.14 Å². The minimum Gasteiger partial charge on any atom is -0.486 e. The summed E-state index contributed by atoms with van der Waals surface area (Å²) in [6.45, 7) is 6.64. The van der Waals surface area contributed by atoms with Crippen molar-refractivity contribution in [1.29, 1.82) is 0 Å². The van der Waals surface area contributed by atoms with Crippen LogP contribution in [0, 0.1) is 20.8 Å². The number of H-pyrrole nitrogens is 1. The lowest BCUT2D eigenvalue weighted by Gasteiger charge is -2.02. The predicted octanol–water partition coefficient (Wildman–Crippen LogP) is 2.65. The Hall–Kier alpha value is -2.36. The Morgan fingerprint density at radius 2 is 1.90 bits per heavy atom. The maximum atomic E-state index is 5.77. The molecule has 4 heteroatoms. The van der Waals surface area contributed by atoms with Gasteiger partial charge in [-0.25, -0.2) is 9.38 Å². The smallest absolute Gasteiger partial charge is 0.401 e. The van der Waals surface area contributed by atoms with Crippen LogP contribution in [0.25, 0.3) is 5.78 Å². The number of nitrogens with zero attached hydrogens (tertiary/aromatic N) is 2. The summed E-state index contributed by atoms with van der Waals surface area (Å²) in [4.78, 5) is 7.76. The Morgan fingerprint density at radius 3 is 2.65 bits per heavy atom. The van der Waals surface area contributed by atoms with Gasteiger partial charge >= 0.3 is 5.78 Å². The van der Waals surface area contributed by atoms with Crippen molar-refractivity contribution in [2.24, 2.45) is 0 Å². The molecule has 1 N–H and O–H groups in total. The molecule has 0 atom stereocenters. The van der Waals surface area contributed by atoms with Gasteiger partial charge in [-0.3, -0.25) is 0 Å². The molecule has 2 heterocycles. The van der Waals surface area contributed by atoms with E-state index in [0.717, 1.165) is 28.6 Å². The van der Waals surface area contributed by atoms with Crippen molar-refractivity contribution >= 4 is 5.78 Å². The van der Waals surface area contributed by atoms with Gasteiger partial charge in [0.1, 0.15) is 29.9 Å². The van der Waals surface area contributed by atoms with E-state index in [-0.39, 0.29) is 0 Å². The SMILES string of the molecule is Cc1ccc(OCc2c[n+]3c(C)cc(C)nc3[nH]2)cc1. The second kappa shape index (κ2) is 4.96. The average molecular weight is 268 g/mol. The number of rotatable bonds is 3. The summed E-state index contributed by atoms with van der Waals surface area (Å²) in [5.41, 5.74) is 4.40. The van der Waals surface area contributed by atoms with Gasteiger partial charge in [0.15, 0.2) is 0 Å². The average Bonchev–Trinajstić information content (AvgIpc) is 2.81. The maximum absolute atomic E-state index is 5.77. The van der Waals surface area contributed by atoms with E-state index in [1.165, 1.54) is 5.56 Å². The molecule has 0 fully saturated rings. The van der Waals surface area contributed by atoms with Gasteiger partial charge < -0.3 is 4.74 Å². The fourth-order valence-corrected chi connectivity index (χ4v) is 2.24. The molecule has 0 saturated heterocycles. The number of hydrogen-bond donors (Lipinski definition) is 1. The molecule has 1 aromatic carbocycles. The van der Waals surface area contributed by atoms with Crippen LogP contribution in [0.5, 0.6) is 5.75 Å². The minimum absolute atomic E-state index is 0.505. The Labute approximate surface area is 118 Å². The molecule has 0 aliphatic heterocycles. The Morgan fingerprint density at radius 1 is 1.15 bits per heavy atom. The molecule has 0 spiro atoms. The second-order valence-electron chi connectivity index (χ2n) is 5.11. The first kappa shape index (κ1) is 12.7. The van der Waals surface area contributed by atoms with Gasteiger partial charge in [0.25, 0.3) is 0 Å². The van der Waals surface area contributed by atoms with Crippen LogP contribution in [0.3, 0.4) is 0 Å². The molecule has 2 aromatic heterocycles. The fourth-order valence-electron chi connectivity index (χ4n) is 2.24. The van der Waals surface area contributed by atoms with Crippen LogP contribution < -0.4 is 9.14 Å². The van der Waals surface area contributed by atoms with E-state index in [1.54, 1.807) is 0 Å². The first-order valence-corrected chi connectivity index (χ1v) is 6.69. The third-order valence-electron chi connectivity index (χ3n) is 3.28. The normalized spacial score (nSPS) is 10.9. The predicted molar refractivity (Wildman–Crippen MR) is 76.7 cm³/mol. The number of aromatic amines is 1. The number of hydrogen-bond acceptors (Lipinski definition) is 2. The first-order valence-electron chi connectivity index (χ1n) is 6.69. The summed E-state index contributed by atoms with van der Waals surface area (Å²) >= 11 is 0. The molecule has 0 radical (unpaired) electrons. The molecule has 3 rings (SSSR count). The minimum atomic E-state index is 0.505. The van der Waals surface area contributed by atoms with Crippen LogP contribution >= 0.6 is 0 Å². The molecule has 0 amide bonds. The fraction of sp³-hybridized carbons (Fsp3) is 0.250. The molecule has 4 nitrogen and oxygen atoms in total. The van der Waals surface area contributed by atoms with Gasteiger partial charge in [0.2, 0.25) is 0 Å². The number of ether oxygens (including phenoxy) is 1. The standard InChI is InChI=1S/C16H17N3O/c1-11-4-6-15(7-5-11)20-10-14-9-19-13(3)8-12(2)17-16(19)18-14/h4-9H,10H2,1-3H3/p+1. The van der Waals surface area contributed by atoms with E-state index in [0.29, 0.717) is 6.61 Å². The largest absolute Gasteiger partial charge is 0.486 e. The van der Waals surface area contributed by atoms with Crippen molar-refractivity contribution in [2.45, 2.75) is 27.4 Å². The highest BCUT2D eigenvalue weighted by Crippen LogP contribution is 2.13. The van der Waals surface area contributed by atoms with Gasteiger partial charge in [-0.1, -0.05) is 22.7 Å². The summed E-state index contributed by atoms with van der Waals surface area (Å²) in [7, 11) is 0. The zero-order valence-corrected chi connectivity index (χ0v) is 12.0. The second-order valence-corrected chi connectivity index (χ2v) is 5.11. The van der Waals surface area contributed by atoms with Crippen LogP contribution in [-0.4, -0.2) is 9.97 Å². The number of nitrogens with one attached hydrogen (secondary N) is 1. The highest BCUT2D eigenvalue weighted by atomic mass is 16.5. The van der Waals surface area contributed by atoms with E-state index in [4.69, 9.17) is 4.74 Å². The molecule has 0 unspecified atom stereocenters. The van der Waals surface area contributed by atoms with E-state index in [1.807, 2.05) is 41.8 Å². The zero-order chi connectivity index (χ0) is 14.1. The van der Waals surface area contributed by atoms with Crippen LogP contribution in [0.2, 0.25) is 0 Å². The van der Waals surface area contributed by atoms with Crippen molar-refractivity contribution in [3.8, 4) is 5.75 Å². The molecule has 0 saturated carbocycles. The molecule has 0 aliphatic rings. The summed E-state index contributed by atoms with van der Waals surface area (Å²) < 4.78 is 7.82. The van der Waals surface area contributed by atoms with Crippen LogP contribution in [-0.2, 0) is 6.61 Å². The van der Waals surface area contributed by atoms with Crippen molar-refractivity contribution in [1.82, 2.24) is 9.97 Å². The highest BCUT2D eigenvalue weighted by molar-refractivity contribution is 5.27. The van der Waals surface area contributed by atoms with Crippen molar-refractivity contribution in [3.05, 3.63) is 59.2 Å². The van der Waals surface area contributed by atoms with Gasteiger partial charge in [-0.15, -0.1) is 0 Å². The molecule has 102 valence electrons. The highest BCUT2D eigenvalue weighted by Gasteiger charge is 2.13. The van der Waals surface area contributed by atoms with Gasteiger partial charge in [-0.05, 0) is 32.9 Å². The Kier molecular flexibility index (Phi) is 3.14. The molecule has 0 aliphatic carbocycles. The third-order valence-corrected chi connectivity index (χ3v) is 3.28. The molecule has 20 heavy (non-hydrogen) atoms. The summed E-state index contributed by atoms with van der Waals surface area (Å²) in [5.74, 6) is 1.73. The van der Waals surface area contributed by atoms with Crippen LogP contribution in [0.15, 0.2) is 36.5 Å². The number of aromatic nitrogens is 3. The van der Waals surface area contributed by atoms with E-state index >= 15 is 0 Å². The van der Waals surface area contributed by atoms with Gasteiger partial charge in [-0.2, -0.15) is 0 Å². The summed E-state index contributed by atoms with van der Waals surface area (Å²) in [5, 5.41) is 0. The van der Waals surface area contributed by atoms with Crippen molar-refractivity contribution in [2.75, 3.05) is 0 Å². The topological polar surface area (TPSA) is 42.0 Å². The van der Waals surface area contributed by atoms with E-state index in [2.05, 4.69) is 29.9 Å². The number of imidazole rings is 1. The van der Waals surface area contributed by atoms with Gasteiger partial charge in [0, 0.05) is 6.07 Å². The summed E-state index contributed by atoms with van der Waals surface area (Å²) in [6.07, 6.45) is 2.03. The quantitative estimate of drug-likeness (QED) is 0.742. The Bertz CT molecular complexity index is 744. The Balaban J connectivity index is 1.81. The lowest BCUT2D eigenvalue weighted by atomic mass is 10.2. The van der Waals surface area contributed by atoms with Gasteiger partial charge in [0.05, 0.1) is 5.69 Å². The van der Waals surface area contributed by atoms with Crippen LogP contribution in [0.4, 0.5) is 0 Å². The van der Waals surface area contributed by atoms with E-state index in [9.17, 15) is 0 Å². The third kappa shape index (κ3) is 2.50. The molecular formula is C16H18N3O+. The van der Waals surface area contributed by atoms with Crippen LogP contribution in [0.1, 0.15) is 22.6 Å². The lowest BCUT2D eigenvalue weighted by molar-refractivity contribution is -0.520. The first-order chi connectivity index (χ1) is 9.61. The number of benzene rings is 1. The molecule has 3 aromatic rings. The van der Waals surface area contributed by atoms with E-state index < -0.39 is 0 Å². The zero-order valence-electron chi connectivity index (χ0n) is 12.0. The lowest BCUT2D eigenvalue weighted by Crippen LogP contribution is -2.24. The number of fused-ring (bicyclic) bond motifs is 1. The maximum Gasteiger partial charge on any atom is 0.401 e.